The number of imidazole rings is 1. The molecule has 1 unspecified atom stereocenters. The molecule has 43 heavy (non-hydrogen) atoms. The predicted molar refractivity (Wildman–Crippen MR) is 152 cm³/mol. The molecule has 2 amide bonds. The van der Waals surface area contributed by atoms with E-state index in [1.165, 1.54) is 12.3 Å². The Morgan fingerprint density at radius 2 is 1.93 bits per heavy atom. The van der Waals surface area contributed by atoms with E-state index >= 15 is 0 Å². The van der Waals surface area contributed by atoms with Crippen molar-refractivity contribution in [3.05, 3.63) is 65.1 Å². The lowest BCUT2D eigenvalue weighted by Gasteiger charge is -2.46. The van der Waals surface area contributed by atoms with Crippen LogP contribution in [0.1, 0.15) is 61.2 Å². The number of fused-ring (bicyclic) bond motifs is 2. The number of halogens is 1. The zero-order valence-corrected chi connectivity index (χ0v) is 24.5. The molecular formula is C30H31FN8O4. The van der Waals surface area contributed by atoms with Gasteiger partial charge in [-0.15, -0.1) is 0 Å². The third kappa shape index (κ3) is 5.13. The third-order valence-electron chi connectivity index (χ3n) is 7.59. The molecule has 4 aromatic rings. The molecule has 12 nitrogen and oxygen atoms in total. The molecule has 2 aliphatic heterocycles. The van der Waals surface area contributed by atoms with Crippen molar-refractivity contribution < 1.29 is 23.5 Å². The maximum atomic E-state index is 13.7. The summed E-state index contributed by atoms with van der Waals surface area (Å²) in [5.41, 5.74) is 3.13. The molecule has 1 saturated heterocycles. The van der Waals surface area contributed by atoms with Gasteiger partial charge < -0.3 is 19.3 Å². The molecule has 0 radical (unpaired) electrons. The highest BCUT2D eigenvalue weighted by Crippen LogP contribution is 2.34. The molecule has 0 spiro atoms. The van der Waals surface area contributed by atoms with Crippen molar-refractivity contribution in [1.82, 2.24) is 33.9 Å². The molecule has 222 valence electrons. The standard InChI is InChI=1S/C30H31FN8O4/c1-17-26(35-38-9-8-37(28(40)27(17)38)22-15-36(16-22)29(41)43-30(3,4)5)19-10-24-34-14-21(12-32)39(24)25(11-19)42-18(2)23-7-6-20(31)13-33-23/h6-7,10-11,13-14,18,22H,8-9,15-16H2,1-5H3. The number of rotatable bonds is 5. The molecule has 0 aliphatic carbocycles. The molecular weight excluding hydrogens is 555 g/mol. The molecule has 0 bridgehead atoms. The Morgan fingerprint density at radius 1 is 1.16 bits per heavy atom. The first-order valence-corrected chi connectivity index (χ1v) is 14.0. The van der Waals surface area contributed by atoms with Gasteiger partial charge in [0.05, 0.1) is 36.4 Å². The summed E-state index contributed by atoms with van der Waals surface area (Å²) < 4.78 is 28.4. The number of pyridine rings is 2. The van der Waals surface area contributed by atoms with E-state index in [0.717, 1.165) is 6.20 Å². The lowest BCUT2D eigenvalue weighted by Crippen LogP contribution is -2.64. The largest absolute Gasteiger partial charge is 0.469 e. The average molecular weight is 587 g/mol. The topological polar surface area (TPSA) is 131 Å². The minimum atomic E-state index is -0.584. The van der Waals surface area contributed by atoms with Gasteiger partial charge in [-0.1, -0.05) is 0 Å². The van der Waals surface area contributed by atoms with Crippen molar-refractivity contribution >= 4 is 17.6 Å². The number of ether oxygens (including phenoxy) is 2. The van der Waals surface area contributed by atoms with E-state index in [2.05, 4.69) is 16.0 Å². The third-order valence-corrected chi connectivity index (χ3v) is 7.59. The van der Waals surface area contributed by atoms with Gasteiger partial charge in [0.1, 0.15) is 40.6 Å². The summed E-state index contributed by atoms with van der Waals surface area (Å²) in [6, 6.07) is 8.43. The van der Waals surface area contributed by atoms with E-state index in [0.29, 0.717) is 65.9 Å². The first-order valence-electron chi connectivity index (χ1n) is 14.0. The Kier molecular flexibility index (Phi) is 6.79. The van der Waals surface area contributed by atoms with E-state index in [9.17, 15) is 19.2 Å². The van der Waals surface area contributed by atoms with Gasteiger partial charge in [-0.25, -0.2) is 14.2 Å². The fourth-order valence-electron chi connectivity index (χ4n) is 5.42. The second-order valence-electron chi connectivity index (χ2n) is 11.8. The number of carbonyl (C=O) groups excluding carboxylic acids is 2. The van der Waals surface area contributed by atoms with Gasteiger partial charge in [0.15, 0.2) is 0 Å². The summed E-state index contributed by atoms with van der Waals surface area (Å²) in [6.07, 6.45) is 1.63. The number of likely N-dealkylation sites (tertiary alicyclic amines) is 1. The first kappa shape index (κ1) is 28.1. The maximum Gasteiger partial charge on any atom is 0.410 e. The lowest BCUT2D eigenvalue weighted by molar-refractivity contribution is -0.0152. The second-order valence-corrected chi connectivity index (χ2v) is 11.8. The minimum Gasteiger partial charge on any atom is -0.469 e. The summed E-state index contributed by atoms with van der Waals surface area (Å²) in [4.78, 5) is 38.0. The molecule has 1 fully saturated rings. The highest BCUT2D eigenvalue weighted by molar-refractivity contribution is 5.97. The summed E-state index contributed by atoms with van der Waals surface area (Å²) in [5, 5.41) is 14.5. The van der Waals surface area contributed by atoms with Gasteiger partial charge in [-0.2, -0.15) is 10.4 Å². The van der Waals surface area contributed by atoms with Crippen molar-refractivity contribution in [3.63, 3.8) is 0 Å². The van der Waals surface area contributed by atoms with Gasteiger partial charge in [-0.3, -0.25) is 18.9 Å². The quantitative estimate of drug-likeness (QED) is 0.341. The van der Waals surface area contributed by atoms with Crippen LogP contribution in [0.25, 0.3) is 16.9 Å². The molecule has 1 atom stereocenters. The molecule has 13 heteroatoms. The minimum absolute atomic E-state index is 0.0984. The highest BCUT2D eigenvalue weighted by atomic mass is 19.1. The molecule has 0 N–H and O–H groups in total. The Labute approximate surface area is 247 Å². The Balaban J connectivity index is 1.28. The fourth-order valence-corrected chi connectivity index (χ4v) is 5.42. The van der Waals surface area contributed by atoms with Crippen molar-refractivity contribution in [2.24, 2.45) is 0 Å². The second kappa shape index (κ2) is 10.4. The van der Waals surface area contributed by atoms with E-state index in [1.807, 2.05) is 27.7 Å². The van der Waals surface area contributed by atoms with Gasteiger partial charge in [0.25, 0.3) is 5.91 Å². The Morgan fingerprint density at radius 3 is 2.60 bits per heavy atom. The fraction of sp³-hybridized carbons (Fsp3) is 0.400. The van der Waals surface area contributed by atoms with Crippen LogP contribution < -0.4 is 4.74 Å². The summed E-state index contributed by atoms with van der Waals surface area (Å²) in [5.74, 6) is -0.264. The Hall–Kier alpha value is -4.99. The van der Waals surface area contributed by atoms with Crippen LogP contribution in [0.5, 0.6) is 5.88 Å². The number of amides is 2. The smallest absolute Gasteiger partial charge is 0.410 e. The van der Waals surface area contributed by atoms with Crippen molar-refractivity contribution in [1.29, 1.82) is 5.26 Å². The summed E-state index contributed by atoms with van der Waals surface area (Å²) in [6.45, 7) is 10.9. The van der Waals surface area contributed by atoms with Crippen molar-refractivity contribution in [2.45, 2.75) is 58.9 Å². The Bertz CT molecular complexity index is 1780. The zero-order valence-electron chi connectivity index (χ0n) is 24.5. The summed E-state index contributed by atoms with van der Waals surface area (Å²) in [7, 11) is 0. The van der Waals surface area contributed by atoms with Gasteiger partial charge in [0, 0.05) is 36.8 Å². The first-order chi connectivity index (χ1) is 20.4. The van der Waals surface area contributed by atoms with Crippen LogP contribution in [0.4, 0.5) is 9.18 Å². The molecule has 2 aliphatic rings. The van der Waals surface area contributed by atoms with Crippen molar-refractivity contribution in [2.75, 3.05) is 19.6 Å². The number of aromatic nitrogens is 5. The number of nitriles is 1. The van der Waals surface area contributed by atoms with Crippen molar-refractivity contribution in [3.8, 4) is 23.2 Å². The van der Waals surface area contributed by atoms with Crippen LogP contribution in [0, 0.1) is 24.1 Å². The van der Waals surface area contributed by atoms with E-state index in [1.54, 1.807) is 44.0 Å². The van der Waals surface area contributed by atoms with Gasteiger partial charge >= 0.3 is 6.09 Å². The molecule has 6 rings (SSSR count). The van der Waals surface area contributed by atoms with Crippen LogP contribution >= 0.6 is 0 Å². The average Bonchev–Trinajstić information content (AvgIpc) is 3.49. The van der Waals surface area contributed by atoms with E-state index in [4.69, 9.17) is 14.6 Å². The van der Waals surface area contributed by atoms with Crippen LogP contribution in [-0.4, -0.2) is 77.2 Å². The number of nitrogens with zero attached hydrogens (tertiary/aromatic N) is 8. The molecule has 4 aromatic heterocycles. The zero-order chi connectivity index (χ0) is 30.6. The number of carbonyl (C=O) groups is 2. The maximum absolute atomic E-state index is 13.7. The van der Waals surface area contributed by atoms with Gasteiger partial charge in [0.2, 0.25) is 5.88 Å². The van der Waals surface area contributed by atoms with Gasteiger partial charge in [-0.05, 0) is 52.8 Å². The molecule has 0 aromatic carbocycles. The van der Waals surface area contributed by atoms with Crippen LogP contribution in [0.2, 0.25) is 0 Å². The number of hydrogen-bond acceptors (Lipinski definition) is 8. The predicted octanol–water partition coefficient (Wildman–Crippen LogP) is 4.13. The normalized spacial score (nSPS) is 16.1. The molecule has 6 heterocycles. The SMILES string of the molecule is Cc1c(-c2cc(OC(C)c3ccc(F)cn3)n3c(C#N)cnc3c2)nn2c1C(=O)N(C1CN(C(=O)OC(C)(C)C)C1)CC2. The number of hydrogen-bond donors (Lipinski definition) is 0. The summed E-state index contributed by atoms with van der Waals surface area (Å²) >= 11 is 0. The highest BCUT2D eigenvalue weighted by Gasteiger charge is 2.42. The lowest BCUT2D eigenvalue weighted by atomic mass is 10.0. The van der Waals surface area contributed by atoms with E-state index < -0.39 is 17.5 Å². The van der Waals surface area contributed by atoms with E-state index in [-0.39, 0.29) is 23.7 Å². The monoisotopic (exact) mass is 586 g/mol. The van der Waals surface area contributed by atoms with Crippen LogP contribution in [0.15, 0.2) is 36.7 Å². The van der Waals surface area contributed by atoms with Crippen LogP contribution in [-0.2, 0) is 11.3 Å². The molecule has 0 saturated carbocycles. The van der Waals surface area contributed by atoms with Crippen LogP contribution in [0.3, 0.4) is 0 Å².